The standard InChI is InChI=1S/C43H59NO14/c1-11-30-54-28-19-29-43(21-52-29,57-23(4)45)33-35(56-36(48)24-15-13-12-14-16-24)42(40(8,9)51)20-25(18-26(42)31(46)34(55-30)41(28,33)10)53-37(49)32(47)27(17-22(2)3)44-38(50)58-39(5,6)7/h11-16,18,22,25,27-35,46-47,51H,1,17,19-21H2,2-10H3,(H,44,50)/t25-,27+,28+,29-,30?,31+,32?,33+,34+,35+,41-,42+,43+/m1/s1. The quantitative estimate of drug-likeness (QED) is 0.142. The first-order valence-electron chi connectivity index (χ1n) is 20.0. The zero-order valence-electron chi connectivity index (χ0n) is 34.8. The lowest BCUT2D eigenvalue weighted by atomic mass is 9.49. The van der Waals surface area contributed by atoms with E-state index in [4.69, 9.17) is 33.2 Å². The molecule has 15 nitrogen and oxygen atoms in total. The number of hydrogen-bond donors (Lipinski definition) is 4. The van der Waals surface area contributed by atoms with Crippen LogP contribution in [0.3, 0.4) is 0 Å². The fraction of sp³-hybridized carbons (Fsp3) is 0.674. The van der Waals surface area contributed by atoms with Crippen LogP contribution in [0.2, 0.25) is 0 Å². The van der Waals surface area contributed by atoms with Gasteiger partial charge in [0.05, 0.1) is 47.4 Å². The third kappa shape index (κ3) is 7.58. The van der Waals surface area contributed by atoms with Crippen LogP contribution in [0, 0.1) is 22.7 Å². The second-order valence-electron chi connectivity index (χ2n) is 18.5. The van der Waals surface area contributed by atoms with Crippen molar-refractivity contribution in [2.24, 2.45) is 22.7 Å². The van der Waals surface area contributed by atoms with Crippen LogP contribution in [0.25, 0.3) is 0 Å². The molecule has 3 aliphatic carbocycles. The van der Waals surface area contributed by atoms with E-state index in [-0.39, 0.29) is 42.9 Å². The van der Waals surface area contributed by atoms with Crippen LogP contribution in [0.1, 0.15) is 91.9 Å². The minimum absolute atomic E-state index is 0.0624. The Labute approximate surface area is 339 Å². The molecule has 2 heterocycles. The lowest BCUT2D eigenvalue weighted by Gasteiger charge is -2.67. The van der Waals surface area contributed by atoms with Crippen molar-refractivity contribution in [1.29, 1.82) is 0 Å². The number of nitrogens with one attached hydrogen (secondary N) is 1. The summed E-state index contributed by atoms with van der Waals surface area (Å²) in [4.78, 5) is 54.1. The van der Waals surface area contributed by atoms with Gasteiger partial charge in [-0.05, 0) is 76.8 Å². The Balaban J connectivity index is 1.49. The molecule has 320 valence electrons. The normalized spacial score (nSPS) is 36.3. The van der Waals surface area contributed by atoms with E-state index in [9.17, 15) is 34.5 Å². The molecule has 2 saturated heterocycles. The monoisotopic (exact) mass is 813 g/mol. The Kier molecular flexibility index (Phi) is 11.8. The molecule has 4 fully saturated rings. The summed E-state index contributed by atoms with van der Waals surface area (Å²) in [7, 11) is 0. The van der Waals surface area contributed by atoms with Crippen molar-refractivity contribution in [2.45, 2.75) is 153 Å². The Bertz CT molecular complexity index is 1780. The highest BCUT2D eigenvalue weighted by Gasteiger charge is 2.80. The Morgan fingerprint density at radius 3 is 2.28 bits per heavy atom. The Morgan fingerprint density at radius 2 is 1.72 bits per heavy atom. The number of esters is 3. The summed E-state index contributed by atoms with van der Waals surface area (Å²) in [6, 6.07) is 7.15. The topological polar surface area (TPSA) is 206 Å². The summed E-state index contributed by atoms with van der Waals surface area (Å²) in [5.74, 6) is -3.58. The van der Waals surface area contributed by atoms with E-state index in [0.717, 1.165) is 0 Å². The zero-order valence-corrected chi connectivity index (χ0v) is 34.8. The van der Waals surface area contributed by atoms with Gasteiger partial charge in [-0.2, -0.15) is 0 Å². The van der Waals surface area contributed by atoms with Crippen molar-refractivity contribution in [2.75, 3.05) is 6.61 Å². The lowest BCUT2D eigenvalue weighted by molar-refractivity contribution is -0.392. The number of carbonyl (C=O) groups excluding carboxylic acids is 4. The van der Waals surface area contributed by atoms with Gasteiger partial charge >= 0.3 is 24.0 Å². The largest absolute Gasteiger partial charge is 0.457 e. The smallest absolute Gasteiger partial charge is 0.407 e. The third-order valence-electron chi connectivity index (χ3n) is 12.5. The minimum Gasteiger partial charge on any atom is -0.457 e. The van der Waals surface area contributed by atoms with Crippen molar-refractivity contribution in [1.82, 2.24) is 5.32 Å². The summed E-state index contributed by atoms with van der Waals surface area (Å²) < 4.78 is 43.3. The maximum atomic E-state index is 14.3. The van der Waals surface area contributed by atoms with Gasteiger partial charge in [-0.3, -0.25) is 4.79 Å². The van der Waals surface area contributed by atoms with Crippen molar-refractivity contribution in [3.05, 3.63) is 60.2 Å². The molecule has 2 unspecified atom stereocenters. The van der Waals surface area contributed by atoms with Crippen LogP contribution < -0.4 is 5.32 Å². The molecule has 2 aliphatic heterocycles. The van der Waals surface area contributed by atoms with Gasteiger partial charge in [-0.1, -0.05) is 45.5 Å². The second kappa shape index (κ2) is 15.6. The summed E-state index contributed by atoms with van der Waals surface area (Å²) in [6.45, 7) is 18.7. The molecule has 0 bridgehead atoms. The highest BCUT2D eigenvalue weighted by molar-refractivity contribution is 5.89. The van der Waals surface area contributed by atoms with Gasteiger partial charge in [-0.15, -0.1) is 0 Å². The molecule has 13 atom stereocenters. The van der Waals surface area contributed by atoms with Crippen LogP contribution in [-0.4, -0.2) is 118 Å². The van der Waals surface area contributed by atoms with Gasteiger partial charge in [0, 0.05) is 25.2 Å². The van der Waals surface area contributed by atoms with Crippen LogP contribution in [0.15, 0.2) is 54.6 Å². The van der Waals surface area contributed by atoms with E-state index >= 15 is 0 Å². The number of aliphatic hydroxyl groups excluding tert-OH is 2. The van der Waals surface area contributed by atoms with Crippen LogP contribution >= 0.6 is 0 Å². The highest BCUT2D eigenvalue weighted by Crippen LogP contribution is 2.68. The molecule has 58 heavy (non-hydrogen) atoms. The molecule has 0 spiro atoms. The minimum atomic E-state index is -1.85. The van der Waals surface area contributed by atoms with Gasteiger partial charge in [0.25, 0.3) is 0 Å². The number of carbonyl (C=O) groups is 4. The SMILES string of the molecule is C=CC1O[C@H]2C[C@H]3OC[C@@]3(OC(C)=O)[C@H]3[C@H](OC(=O)c4ccccc4)[C@]4(C(C)(C)O)C[C@H](OC(=O)C(O)[C@H](CC(C)C)NC(=O)OC(C)(C)C)C=C4[C@H](O)[C@H](O1)[C@]23C. The molecule has 2 saturated carbocycles. The molecule has 1 aromatic rings. The van der Waals surface area contributed by atoms with E-state index in [2.05, 4.69) is 11.9 Å². The fourth-order valence-electron chi connectivity index (χ4n) is 10.2. The number of benzene rings is 1. The summed E-state index contributed by atoms with van der Waals surface area (Å²) in [5, 5.41) is 39.3. The maximum Gasteiger partial charge on any atom is 0.407 e. The summed E-state index contributed by atoms with van der Waals surface area (Å²) >= 11 is 0. The maximum absolute atomic E-state index is 14.3. The van der Waals surface area contributed by atoms with Gasteiger partial charge in [-0.25, -0.2) is 14.4 Å². The third-order valence-corrected chi connectivity index (χ3v) is 12.5. The molecular weight excluding hydrogens is 754 g/mol. The average molecular weight is 814 g/mol. The van der Waals surface area contributed by atoms with Crippen LogP contribution in [-0.2, 0) is 42.7 Å². The van der Waals surface area contributed by atoms with Crippen molar-refractivity contribution < 1.29 is 67.7 Å². The molecule has 1 amide bonds. The van der Waals surface area contributed by atoms with Gasteiger partial charge in [0.2, 0.25) is 0 Å². The number of ether oxygens (including phenoxy) is 7. The van der Waals surface area contributed by atoms with Crippen molar-refractivity contribution in [3.8, 4) is 0 Å². The van der Waals surface area contributed by atoms with Crippen molar-refractivity contribution >= 4 is 24.0 Å². The summed E-state index contributed by atoms with van der Waals surface area (Å²) in [6.07, 6.45) is -7.26. The molecule has 6 rings (SSSR count). The lowest BCUT2D eigenvalue weighted by Crippen LogP contribution is -2.80. The first-order valence-corrected chi connectivity index (χ1v) is 20.0. The van der Waals surface area contributed by atoms with Crippen molar-refractivity contribution in [3.63, 3.8) is 0 Å². The summed E-state index contributed by atoms with van der Waals surface area (Å²) in [5.41, 5.74) is -6.81. The predicted molar refractivity (Wildman–Crippen MR) is 206 cm³/mol. The predicted octanol–water partition coefficient (Wildman–Crippen LogP) is 3.91. The fourth-order valence-corrected chi connectivity index (χ4v) is 10.2. The Hall–Kier alpha value is -3.86. The number of fused-ring (bicyclic) bond motifs is 3. The second-order valence-corrected chi connectivity index (χ2v) is 18.5. The van der Waals surface area contributed by atoms with E-state index < -0.39 is 113 Å². The van der Waals surface area contributed by atoms with Gasteiger partial charge in [0.15, 0.2) is 18.0 Å². The average Bonchev–Trinajstić information content (AvgIpc) is 3.48. The zero-order chi connectivity index (χ0) is 42.7. The number of hydrogen-bond acceptors (Lipinski definition) is 14. The van der Waals surface area contributed by atoms with Gasteiger partial charge < -0.3 is 53.8 Å². The van der Waals surface area contributed by atoms with E-state index in [1.807, 2.05) is 20.8 Å². The molecule has 15 heteroatoms. The molecule has 0 aromatic heterocycles. The number of rotatable bonds is 11. The molecular formula is C43H59NO14. The Morgan fingerprint density at radius 1 is 1.05 bits per heavy atom. The first-order chi connectivity index (χ1) is 27.0. The van der Waals surface area contributed by atoms with E-state index in [0.29, 0.717) is 0 Å². The molecule has 0 radical (unpaired) electrons. The van der Waals surface area contributed by atoms with E-state index in [1.54, 1.807) is 51.1 Å². The van der Waals surface area contributed by atoms with E-state index in [1.165, 1.54) is 32.9 Å². The van der Waals surface area contributed by atoms with Gasteiger partial charge in [0.1, 0.15) is 30.0 Å². The molecule has 1 aromatic carbocycles. The van der Waals surface area contributed by atoms with Crippen LogP contribution in [0.4, 0.5) is 4.79 Å². The molecule has 5 aliphatic rings. The number of amides is 1. The number of aliphatic hydroxyl groups is 3. The molecule has 4 N–H and O–H groups in total. The highest BCUT2D eigenvalue weighted by atomic mass is 16.7. The van der Waals surface area contributed by atoms with Crippen LogP contribution in [0.5, 0.6) is 0 Å². The first kappa shape index (κ1) is 43.7. The number of alkyl carbamates (subject to hydrolysis) is 1.